The standard InChI is InChI=1S/C23H30F3N5O2/c1-17-15-19(29(3)27-17)16-31-10-4-9-22(31,21(32)30-13-11-28(2)12-14-30)33-20-7-5-18(6-8-20)23(24,25)26/h5-8,15H,4,9-14,16H2,1-3H3. The number of aromatic nitrogens is 2. The highest BCUT2D eigenvalue weighted by atomic mass is 19.4. The first kappa shape index (κ1) is 23.6. The quantitative estimate of drug-likeness (QED) is 0.680. The lowest BCUT2D eigenvalue weighted by Crippen LogP contribution is -2.62. The van der Waals surface area contributed by atoms with Crippen LogP contribution in [0.15, 0.2) is 30.3 Å². The molecule has 0 saturated carbocycles. The van der Waals surface area contributed by atoms with Crippen molar-refractivity contribution in [3.63, 3.8) is 0 Å². The fourth-order valence-electron chi connectivity index (χ4n) is 4.63. The van der Waals surface area contributed by atoms with Crippen LogP contribution in [0.25, 0.3) is 0 Å². The third kappa shape index (κ3) is 4.86. The van der Waals surface area contributed by atoms with Gasteiger partial charge in [-0.15, -0.1) is 0 Å². The number of likely N-dealkylation sites (tertiary alicyclic amines) is 1. The number of alkyl halides is 3. The first-order valence-corrected chi connectivity index (χ1v) is 11.2. The van der Waals surface area contributed by atoms with Crippen LogP contribution in [0.4, 0.5) is 13.2 Å². The average molecular weight is 466 g/mol. The summed E-state index contributed by atoms with van der Waals surface area (Å²) in [7, 11) is 3.88. The van der Waals surface area contributed by atoms with Crippen molar-refractivity contribution in [3.05, 3.63) is 47.3 Å². The molecule has 2 fully saturated rings. The van der Waals surface area contributed by atoms with Gasteiger partial charge in [0.2, 0.25) is 5.72 Å². The lowest BCUT2D eigenvalue weighted by molar-refractivity contribution is -0.166. The van der Waals surface area contributed by atoms with E-state index in [1.807, 2.05) is 36.9 Å². The Balaban J connectivity index is 1.65. The maximum atomic E-state index is 13.9. The van der Waals surface area contributed by atoms with E-state index in [2.05, 4.69) is 10.00 Å². The molecule has 0 N–H and O–H groups in total. The lowest BCUT2D eigenvalue weighted by atomic mass is 10.1. The van der Waals surface area contributed by atoms with Crippen molar-refractivity contribution in [2.75, 3.05) is 39.8 Å². The highest BCUT2D eigenvalue weighted by molar-refractivity contribution is 5.85. The summed E-state index contributed by atoms with van der Waals surface area (Å²) >= 11 is 0. The molecule has 1 atom stereocenters. The van der Waals surface area contributed by atoms with Crippen molar-refractivity contribution >= 4 is 5.91 Å². The number of aryl methyl sites for hydroxylation is 2. The second kappa shape index (κ2) is 8.98. The van der Waals surface area contributed by atoms with E-state index in [1.54, 1.807) is 4.68 Å². The van der Waals surface area contributed by atoms with Gasteiger partial charge in [0.1, 0.15) is 5.75 Å². The van der Waals surface area contributed by atoms with Gasteiger partial charge in [-0.3, -0.25) is 14.4 Å². The van der Waals surface area contributed by atoms with Crippen LogP contribution in [0.2, 0.25) is 0 Å². The zero-order chi connectivity index (χ0) is 23.8. The summed E-state index contributed by atoms with van der Waals surface area (Å²) in [5.74, 6) is 0.116. The minimum atomic E-state index is -4.43. The van der Waals surface area contributed by atoms with Crippen molar-refractivity contribution in [3.8, 4) is 5.75 Å². The first-order chi connectivity index (χ1) is 15.6. The topological polar surface area (TPSA) is 53.8 Å². The van der Waals surface area contributed by atoms with Gasteiger partial charge in [-0.1, -0.05) is 0 Å². The van der Waals surface area contributed by atoms with Crippen molar-refractivity contribution in [2.45, 2.75) is 38.2 Å². The van der Waals surface area contributed by atoms with Crippen LogP contribution < -0.4 is 4.74 Å². The number of carbonyl (C=O) groups excluding carboxylic acids is 1. The normalized spacial score (nSPS) is 22.7. The molecule has 180 valence electrons. The second-order valence-electron chi connectivity index (χ2n) is 8.93. The van der Waals surface area contributed by atoms with Gasteiger partial charge in [0.15, 0.2) is 0 Å². The van der Waals surface area contributed by atoms with E-state index >= 15 is 0 Å². The number of rotatable bonds is 5. The third-order valence-corrected chi connectivity index (χ3v) is 6.50. The minimum absolute atomic E-state index is 0.133. The number of hydrogen-bond donors (Lipinski definition) is 0. The van der Waals surface area contributed by atoms with Crippen molar-refractivity contribution in [1.82, 2.24) is 24.5 Å². The van der Waals surface area contributed by atoms with Crippen LogP contribution in [-0.2, 0) is 24.6 Å². The molecular weight excluding hydrogens is 435 g/mol. The van der Waals surface area contributed by atoms with E-state index < -0.39 is 17.5 Å². The van der Waals surface area contributed by atoms with Gasteiger partial charge in [-0.25, -0.2) is 0 Å². The van der Waals surface area contributed by atoms with Gasteiger partial charge in [0.25, 0.3) is 5.91 Å². The zero-order valence-electron chi connectivity index (χ0n) is 19.2. The molecule has 0 spiro atoms. The molecule has 4 rings (SSSR count). The summed E-state index contributed by atoms with van der Waals surface area (Å²) in [6.45, 7) is 5.72. The summed E-state index contributed by atoms with van der Waals surface area (Å²) in [5.41, 5.74) is -0.191. The molecule has 0 aliphatic carbocycles. The Morgan fingerprint density at radius 1 is 1.09 bits per heavy atom. The van der Waals surface area contributed by atoms with Crippen LogP contribution in [0.5, 0.6) is 5.75 Å². The first-order valence-electron chi connectivity index (χ1n) is 11.2. The number of halogens is 3. The number of piperazine rings is 1. The summed E-state index contributed by atoms with van der Waals surface area (Å²) in [6, 6.07) is 6.56. The van der Waals surface area contributed by atoms with E-state index in [0.717, 1.165) is 43.0 Å². The van der Waals surface area contributed by atoms with Crippen LogP contribution in [0.1, 0.15) is 29.8 Å². The number of ether oxygens (including phenoxy) is 1. The van der Waals surface area contributed by atoms with Crippen LogP contribution in [0, 0.1) is 6.92 Å². The predicted molar refractivity (Wildman–Crippen MR) is 116 cm³/mol. The molecule has 2 saturated heterocycles. The maximum Gasteiger partial charge on any atom is 0.416 e. The number of nitrogens with zero attached hydrogens (tertiary/aromatic N) is 5. The van der Waals surface area contributed by atoms with E-state index in [-0.39, 0.29) is 11.7 Å². The number of likely N-dealkylation sites (N-methyl/N-ethyl adjacent to an activating group) is 1. The Labute approximate surface area is 191 Å². The Morgan fingerprint density at radius 3 is 2.33 bits per heavy atom. The smallest absolute Gasteiger partial charge is 0.416 e. The predicted octanol–water partition coefficient (Wildman–Crippen LogP) is 2.89. The van der Waals surface area contributed by atoms with Crippen molar-refractivity contribution in [2.24, 2.45) is 7.05 Å². The number of hydrogen-bond acceptors (Lipinski definition) is 5. The SMILES string of the molecule is Cc1cc(CN2CCCC2(Oc2ccc(C(F)(F)F)cc2)C(=O)N2CCN(C)CC2)n(C)n1. The van der Waals surface area contributed by atoms with E-state index in [4.69, 9.17) is 4.74 Å². The summed E-state index contributed by atoms with van der Waals surface area (Å²) in [5, 5.41) is 4.40. The van der Waals surface area contributed by atoms with Crippen molar-refractivity contribution < 1.29 is 22.7 Å². The molecule has 0 radical (unpaired) electrons. The molecule has 2 aliphatic heterocycles. The molecule has 7 nitrogen and oxygen atoms in total. The van der Waals surface area contributed by atoms with Crippen LogP contribution in [-0.4, -0.2) is 75.9 Å². The van der Waals surface area contributed by atoms with Gasteiger partial charge >= 0.3 is 6.18 Å². The molecule has 33 heavy (non-hydrogen) atoms. The lowest BCUT2D eigenvalue weighted by Gasteiger charge is -2.42. The number of benzene rings is 1. The van der Waals surface area contributed by atoms with Gasteiger partial charge in [0.05, 0.1) is 17.0 Å². The molecule has 1 unspecified atom stereocenters. The number of carbonyl (C=O) groups is 1. The third-order valence-electron chi connectivity index (χ3n) is 6.50. The highest BCUT2D eigenvalue weighted by Crippen LogP contribution is 2.37. The number of amides is 1. The van der Waals surface area contributed by atoms with E-state index in [0.29, 0.717) is 32.6 Å². The minimum Gasteiger partial charge on any atom is -0.463 e. The molecular formula is C23H30F3N5O2. The Hall–Kier alpha value is -2.59. The molecule has 1 amide bonds. The molecule has 2 aliphatic rings. The van der Waals surface area contributed by atoms with Crippen LogP contribution >= 0.6 is 0 Å². The van der Waals surface area contributed by atoms with Crippen LogP contribution in [0.3, 0.4) is 0 Å². The Morgan fingerprint density at radius 2 is 1.76 bits per heavy atom. The van der Waals surface area contributed by atoms with Gasteiger partial charge in [-0.05, 0) is 50.7 Å². The zero-order valence-corrected chi connectivity index (χ0v) is 19.2. The Bertz CT molecular complexity index is 983. The fraction of sp³-hybridized carbons (Fsp3) is 0.565. The molecule has 3 heterocycles. The molecule has 0 bridgehead atoms. The molecule has 2 aromatic rings. The monoisotopic (exact) mass is 465 g/mol. The molecule has 10 heteroatoms. The highest BCUT2D eigenvalue weighted by Gasteiger charge is 2.52. The van der Waals surface area contributed by atoms with E-state index in [1.165, 1.54) is 12.1 Å². The maximum absolute atomic E-state index is 13.9. The average Bonchev–Trinajstić information content (AvgIpc) is 3.30. The van der Waals surface area contributed by atoms with Gasteiger partial charge in [0, 0.05) is 52.7 Å². The second-order valence-corrected chi connectivity index (χ2v) is 8.93. The van der Waals surface area contributed by atoms with Gasteiger partial charge in [-0.2, -0.15) is 18.3 Å². The van der Waals surface area contributed by atoms with Crippen molar-refractivity contribution in [1.29, 1.82) is 0 Å². The molecule has 1 aromatic heterocycles. The summed E-state index contributed by atoms with van der Waals surface area (Å²) in [4.78, 5) is 19.9. The summed E-state index contributed by atoms with van der Waals surface area (Å²) < 4.78 is 47.2. The van der Waals surface area contributed by atoms with Gasteiger partial charge < -0.3 is 14.5 Å². The Kier molecular flexibility index (Phi) is 6.41. The molecule has 1 aromatic carbocycles. The van der Waals surface area contributed by atoms with E-state index in [9.17, 15) is 18.0 Å². The summed E-state index contributed by atoms with van der Waals surface area (Å²) in [6.07, 6.45) is -3.21. The fourth-order valence-corrected chi connectivity index (χ4v) is 4.63. The largest absolute Gasteiger partial charge is 0.463 e.